The van der Waals surface area contributed by atoms with Crippen LogP contribution in [0.4, 0.5) is 4.79 Å². The number of rotatable bonds is 10. The van der Waals surface area contributed by atoms with Crippen molar-refractivity contribution in [2.75, 3.05) is 19.8 Å². The summed E-state index contributed by atoms with van der Waals surface area (Å²) in [5.41, 5.74) is 0.218. The van der Waals surface area contributed by atoms with Crippen LogP contribution in [0.3, 0.4) is 0 Å². The van der Waals surface area contributed by atoms with Crippen molar-refractivity contribution in [2.24, 2.45) is 16.7 Å². The molecule has 2 atom stereocenters. The number of furan rings is 1. The standard InChI is InChI=1S/C24H36N2O6/c1-17(2)21(28)32-10-9-31-20(27)11-18-12-23(3,4)15-24(5,13-18)16-26-22(29)25-14-19-7-6-8-30-19/h6-8,18H,1,9-16H2,2-5H3,(H2,25,26,29). The predicted molar refractivity (Wildman–Crippen MR) is 120 cm³/mol. The van der Waals surface area contributed by atoms with E-state index in [2.05, 4.69) is 38.0 Å². The molecule has 0 radical (unpaired) electrons. The van der Waals surface area contributed by atoms with Crippen LogP contribution in [0.5, 0.6) is 0 Å². The number of esters is 2. The third-order valence-electron chi connectivity index (χ3n) is 5.59. The third kappa shape index (κ3) is 8.77. The molecule has 2 N–H and O–H groups in total. The lowest BCUT2D eigenvalue weighted by molar-refractivity contribution is -0.151. The molecule has 0 aliphatic heterocycles. The van der Waals surface area contributed by atoms with Gasteiger partial charge in [0.15, 0.2) is 0 Å². The number of urea groups is 1. The minimum absolute atomic E-state index is 0.0162. The third-order valence-corrected chi connectivity index (χ3v) is 5.59. The molecule has 2 rings (SSSR count). The van der Waals surface area contributed by atoms with Crippen LogP contribution in [0.25, 0.3) is 0 Å². The van der Waals surface area contributed by atoms with E-state index in [1.54, 1.807) is 25.3 Å². The Morgan fingerprint density at radius 1 is 1.16 bits per heavy atom. The van der Waals surface area contributed by atoms with Crippen molar-refractivity contribution in [2.45, 2.75) is 59.9 Å². The lowest BCUT2D eigenvalue weighted by Gasteiger charge is -2.46. The Hall–Kier alpha value is -2.77. The Morgan fingerprint density at radius 2 is 1.88 bits per heavy atom. The first-order valence-electron chi connectivity index (χ1n) is 11.0. The highest BCUT2D eigenvalue weighted by atomic mass is 16.6. The van der Waals surface area contributed by atoms with Gasteiger partial charge in [0.2, 0.25) is 0 Å². The first kappa shape index (κ1) is 25.5. The average Bonchev–Trinajstić information content (AvgIpc) is 3.20. The zero-order valence-electron chi connectivity index (χ0n) is 19.6. The van der Waals surface area contributed by atoms with Gasteiger partial charge in [-0.15, -0.1) is 0 Å². The minimum Gasteiger partial charge on any atom is -0.467 e. The molecule has 8 nitrogen and oxygen atoms in total. The van der Waals surface area contributed by atoms with E-state index < -0.39 is 5.97 Å². The summed E-state index contributed by atoms with van der Waals surface area (Å²) in [6, 6.07) is 3.34. The fourth-order valence-electron chi connectivity index (χ4n) is 4.77. The highest BCUT2D eigenvalue weighted by Gasteiger charge is 2.42. The second kappa shape index (κ2) is 11.2. The van der Waals surface area contributed by atoms with Gasteiger partial charge in [-0.3, -0.25) is 4.79 Å². The first-order valence-corrected chi connectivity index (χ1v) is 11.0. The zero-order chi connectivity index (χ0) is 23.8. The lowest BCUT2D eigenvalue weighted by Crippen LogP contribution is -2.46. The maximum Gasteiger partial charge on any atom is 0.333 e. The van der Waals surface area contributed by atoms with Gasteiger partial charge >= 0.3 is 18.0 Å². The van der Waals surface area contributed by atoms with Gasteiger partial charge in [0.25, 0.3) is 0 Å². The molecule has 8 heteroatoms. The van der Waals surface area contributed by atoms with E-state index in [9.17, 15) is 14.4 Å². The Labute approximate surface area is 190 Å². The van der Waals surface area contributed by atoms with Crippen LogP contribution in [0, 0.1) is 16.7 Å². The van der Waals surface area contributed by atoms with E-state index in [-0.39, 0.29) is 42.0 Å². The van der Waals surface area contributed by atoms with Crippen molar-refractivity contribution in [1.29, 1.82) is 0 Å². The molecule has 1 aliphatic rings. The maximum atomic E-state index is 12.3. The Morgan fingerprint density at radius 3 is 2.53 bits per heavy atom. The number of amides is 2. The first-order chi connectivity index (χ1) is 15.0. The van der Waals surface area contributed by atoms with E-state index in [0.717, 1.165) is 19.3 Å². The molecular formula is C24H36N2O6. The zero-order valence-corrected chi connectivity index (χ0v) is 19.6. The van der Waals surface area contributed by atoms with Gasteiger partial charge in [0, 0.05) is 18.5 Å². The summed E-state index contributed by atoms with van der Waals surface area (Å²) in [7, 11) is 0. The van der Waals surface area contributed by atoms with Crippen LogP contribution in [0.1, 0.15) is 59.1 Å². The van der Waals surface area contributed by atoms with Gasteiger partial charge < -0.3 is 24.5 Å². The van der Waals surface area contributed by atoms with Gasteiger partial charge in [-0.1, -0.05) is 27.4 Å². The fourth-order valence-corrected chi connectivity index (χ4v) is 4.77. The Kier molecular flexibility index (Phi) is 8.92. The van der Waals surface area contributed by atoms with Crippen molar-refractivity contribution in [3.63, 3.8) is 0 Å². The highest BCUT2D eigenvalue weighted by Crippen LogP contribution is 2.49. The molecular weight excluding hydrogens is 412 g/mol. The predicted octanol–water partition coefficient (Wildman–Crippen LogP) is 3.96. The second-order valence-corrected chi connectivity index (χ2v) is 9.88. The number of carbonyl (C=O) groups is 3. The molecule has 1 saturated carbocycles. The van der Waals surface area contributed by atoms with Gasteiger partial charge in [0.1, 0.15) is 19.0 Å². The minimum atomic E-state index is -0.494. The summed E-state index contributed by atoms with van der Waals surface area (Å²) in [5.74, 6) is 0.0532. The number of hydrogen-bond acceptors (Lipinski definition) is 6. The monoisotopic (exact) mass is 448 g/mol. The fraction of sp³-hybridized carbons (Fsp3) is 0.625. The molecule has 2 unspecified atom stereocenters. The number of nitrogens with one attached hydrogen (secondary N) is 2. The quantitative estimate of drug-likeness (QED) is 0.319. The van der Waals surface area contributed by atoms with E-state index >= 15 is 0 Å². The molecule has 2 amide bonds. The SMILES string of the molecule is C=C(C)C(=O)OCCOC(=O)CC1CC(C)(C)CC(C)(CNC(=O)NCc2ccco2)C1. The average molecular weight is 449 g/mol. The molecule has 0 bridgehead atoms. The summed E-state index contributed by atoms with van der Waals surface area (Å²) in [6.07, 6.45) is 4.54. The molecule has 32 heavy (non-hydrogen) atoms. The normalized spacial score (nSPS) is 21.9. The molecule has 0 aromatic carbocycles. The Bertz CT molecular complexity index is 801. The van der Waals surface area contributed by atoms with E-state index in [0.29, 0.717) is 30.8 Å². The van der Waals surface area contributed by atoms with Crippen LogP contribution in [0.2, 0.25) is 0 Å². The van der Waals surface area contributed by atoms with E-state index in [1.165, 1.54) is 0 Å². The van der Waals surface area contributed by atoms with Gasteiger partial charge in [0.05, 0.1) is 12.8 Å². The lowest BCUT2D eigenvalue weighted by atomic mass is 9.60. The van der Waals surface area contributed by atoms with Crippen LogP contribution in [0.15, 0.2) is 35.0 Å². The Balaban J connectivity index is 1.78. The number of hydrogen-bond donors (Lipinski definition) is 2. The van der Waals surface area contributed by atoms with E-state index in [4.69, 9.17) is 13.9 Å². The van der Waals surface area contributed by atoms with Crippen LogP contribution in [-0.2, 0) is 25.6 Å². The van der Waals surface area contributed by atoms with Crippen LogP contribution >= 0.6 is 0 Å². The molecule has 0 saturated heterocycles. The second-order valence-electron chi connectivity index (χ2n) is 9.88. The van der Waals surface area contributed by atoms with E-state index in [1.807, 2.05) is 0 Å². The molecule has 1 aromatic rings. The van der Waals surface area contributed by atoms with Crippen molar-refractivity contribution in [1.82, 2.24) is 10.6 Å². The summed E-state index contributed by atoms with van der Waals surface area (Å²) in [4.78, 5) is 35.9. The smallest absolute Gasteiger partial charge is 0.333 e. The number of carbonyl (C=O) groups excluding carboxylic acids is 3. The van der Waals surface area contributed by atoms with Gasteiger partial charge in [-0.05, 0) is 55.1 Å². The molecule has 1 aromatic heterocycles. The van der Waals surface area contributed by atoms with Crippen molar-refractivity contribution < 1.29 is 28.3 Å². The maximum absolute atomic E-state index is 12.3. The topological polar surface area (TPSA) is 107 Å². The molecule has 0 spiro atoms. The summed E-state index contributed by atoms with van der Waals surface area (Å²) < 4.78 is 15.4. The van der Waals surface area contributed by atoms with Gasteiger partial charge in [-0.25, -0.2) is 9.59 Å². The molecule has 178 valence electrons. The van der Waals surface area contributed by atoms with Crippen LogP contribution in [-0.4, -0.2) is 37.7 Å². The van der Waals surface area contributed by atoms with Crippen molar-refractivity contribution in [3.05, 3.63) is 36.3 Å². The molecule has 1 aliphatic carbocycles. The summed E-state index contributed by atoms with van der Waals surface area (Å²) in [6.45, 7) is 12.5. The molecule has 1 heterocycles. The summed E-state index contributed by atoms with van der Waals surface area (Å²) >= 11 is 0. The molecule has 1 fully saturated rings. The highest BCUT2D eigenvalue weighted by molar-refractivity contribution is 5.86. The van der Waals surface area contributed by atoms with Crippen LogP contribution < -0.4 is 10.6 Å². The summed E-state index contributed by atoms with van der Waals surface area (Å²) in [5, 5.41) is 5.76. The largest absolute Gasteiger partial charge is 0.467 e. The number of ether oxygens (including phenoxy) is 2. The van der Waals surface area contributed by atoms with Crippen molar-refractivity contribution in [3.8, 4) is 0 Å². The van der Waals surface area contributed by atoms with Gasteiger partial charge in [-0.2, -0.15) is 0 Å². The van der Waals surface area contributed by atoms with Crippen molar-refractivity contribution >= 4 is 18.0 Å².